The molecule has 7 N–H and O–H groups in total. The van der Waals surface area contributed by atoms with Gasteiger partial charge in [-0.2, -0.15) is 4.99 Å². The van der Waals surface area contributed by atoms with Crippen LogP contribution in [0.3, 0.4) is 0 Å². The average molecular weight is 667 g/mol. The third-order valence-corrected chi connectivity index (χ3v) is 9.23. The van der Waals surface area contributed by atoms with Crippen molar-refractivity contribution >= 4 is 40.7 Å². The lowest BCUT2D eigenvalue weighted by atomic mass is 9.79. The molecule has 0 aromatic heterocycles. The summed E-state index contributed by atoms with van der Waals surface area (Å²) in [4.78, 5) is 49.5. The Hall–Kier alpha value is -5.58. The van der Waals surface area contributed by atoms with Crippen molar-refractivity contribution in [3.05, 3.63) is 100 Å². The lowest BCUT2D eigenvalue weighted by Gasteiger charge is -2.40. The molecule has 0 saturated carbocycles. The fourth-order valence-corrected chi connectivity index (χ4v) is 6.83. The predicted octanol–water partition coefficient (Wildman–Crippen LogP) is -0.579. The van der Waals surface area contributed by atoms with Gasteiger partial charge in [-0.25, -0.2) is 9.89 Å². The average Bonchev–Trinajstić information content (AvgIpc) is 3.51. The number of phenols is 1. The number of aliphatic hydroxyl groups excluding tert-OH is 3. The molecule has 4 heterocycles. The number of nitrogens with zero attached hydrogens (tertiary/aromatic N) is 2. The van der Waals surface area contributed by atoms with Gasteiger partial charge < -0.3 is 34.6 Å². The molecule has 0 spiro atoms. The number of guanidine groups is 1. The molecule has 5 aliphatic rings. The van der Waals surface area contributed by atoms with Crippen LogP contribution in [0.25, 0.3) is 0 Å². The highest BCUT2D eigenvalue weighted by molar-refractivity contribution is 6.68. The van der Waals surface area contributed by atoms with Gasteiger partial charge in [0.05, 0.1) is 11.8 Å². The zero-order valence-corrected chi connectivity index (χ0v) is 25.4. The molecular formula is C34H28N5O10+. The van der Waals surface area contributed by atoms with E-state index in [9.17, 15) is 34.8 Å². The number of allylic oxidation sites excluding steroid dienone is 1. The topological polar surface area (TPSA) is 225 Å². The molecule has 15 heteroatoms. The van der Waals surface area contributed by atoms with Gasteiger partial charge in [0.2, 0.25) is 18.0 Å². The molecule has 3 aromatic rings. The molecule has 15 nitrogen and oxygen atoms in total. The molecule has 7 atom stereocenters. The number of hydrogen-bond acceptors (Lipinski definition) is 12. The van der Waals surface area contributed by atoms with E-state index in [0.29, 0.717) is 16.2 Å². The third-order valence-electron chi connectivity index (χ3n) is 9.23. The van der Waals surface area contributed by atoms with E-state index in [1.54, 1.807) is 42.5 Å². The van der Waals surface area contributed by atoms with Crippen LogP contribution >= 0.6 is 0 Å². The first-order valence-corrected chi connectivity index (χ1v) is 15.4. The number of benzene rings is 3. The van der Waals surface area contributed by atoms with Gasteiger partial charge in [0, 0.05) is 33.7 Å². The fourth-order valence-electron chi connectivity index (χ4n) is 6.83. The Labute approximate surface area is 276 Å². The van der Waals surface area contributed by atoms with Crippen LogP contribution in [0.15, 0.2) is 76.9 Å². The predicted molar refractivity (Wildman–Crippen MR) is 168 cm³/mol. The number of amides is 1. The van der Waals surface area contributed by atoms with Crippen molar-refractivity contribution in [3.63, 3.8) is 0 Å². The summed E-state index contributed by atoms with van der Waals surface area (Å²) in [7, 11) is 0. The number of nitrogens with one attached hydrogen (secondary N) is 3. The summed E-state index contributed by atoms with van der Waals surface area (Å²) >= 11 is 0. The second kappa shape index (κ2) is 11.5. The summed E-state index contributed by atoms with van der Waals surface area (Å²) in [5.41, 5.74) is 1.21. The smallest absolute Gasteiger partial charge is 0.284 e. The van der Waals surface area contributed by atoms with Gasteiger partial charge in [0.15, 0.2) is 29.7 Å². The fraction of sp³-hybridized carbons (Fsp3) is 0.235. The van der Waals surface area contributed by atoms with E-state index in [0.717, 1.165) is 0 Å². The molecule has 1 fully saturated rings. The number of phenolic OH excluding ortho intramolecular Hbond substituents is 1. The van der Waals surface area contributed by atoms with Crippen LogP contribution in [-0.2, 0) is 14.3 Å². The highest BCUT2D eigenvalue weighted by Gasteiger charge is 2.47. The second-order valence-electron chi connectivity index (χ2n) is 12.0. The molecule has 1 amide bonds. The van der Waals surface area contributed by atoms with Crippen molar-refractivity contribution < 1.29 is 53.9 Å². The maximum absolute atomic E-state index is 13.9. The number of aliphatic hydroxyl groups is 3. The number of hydrogen-bond donors (Lipinski definition) is 7. The van der Waals surface area contributed by atoms with Crippen LogP contribution in [0, 0.1) is 5.41 Å². The molecule has 1 saturated heterocycles. The molecule has 8 rings (SSSR count). The molecular weight excluding hydrogens is 638 g/mol. The minimum absolute atomic E-state index is 0.0704. The number of rotatable bonds is 2. The molecule has 3 aromatic carbocycles. The number of amidine groups is 1. The van der Waals surface area contributed by atoms with E-state index in [1.807, 2.05) is 0 Å². The van der Waals surface area contributed by atoms with Crippen molar-refractivity contribution in [2.45, 2.75) is 36.6 Å². The Kier molecular flexibility index (Phi) is 7.24. The van der Waals surface area contributed by atoms with E-state index in [-0.39, 0.29) is 64.3 Å². The van der Waals surface area contributed by atoms with E-state index in [4.69, 9.17) is 19.6 Å². The maximum atomic E-state index is 13.9. The van der Waals surface area contributed by atoms with Gasteiger partial charge in [-0.1, -0.05) is 42.5 Å². The number of quaternary nitrogens is 1. The van der Waals surface area contributed by atoms with Crippen LogP contribution in [0.1, 0.15) is 48.9 Å². The SMILES string of the molecule is N=C1N=C2C(=NC[NH+]2c2ccccc2C2C=COCC3OC(Oc4c2cc2c(c4O)C(=O)c4ccccc4C2=O)C(O)C(O)C3O)C(=O)N1. The monoisotopic (exact) mass is 666 g/mol. The van der Waals surface area contributed by atoms with Crippen molar-refractivity contribution in [1.82, 2.24) is 5.32 Å². The maximum Gasteiger partial charge on any atom is 0.284 e. The third kappa shape index (κ3) is 4.78. The summed E-state index contributed by atoms with van der Waals surface area (Å²) in [6, 6.07) is 14.7. The number of aromatic hydroxyl groups is 1. The summed E-state index contributed by atoms with van der Waals surface area (Å²) in [6.07, 6.45) is -4.92. The summed E-state index contributed by atoms with van der Waals surface area (Å²) in [6.45, 7) is -0.190. The largest absolute Gasteiger partial charge is 0.504 e. The zero-order chi connectivity index (χ0) is 34.1. The van der Waals surface area contributed by atoms with Crippen molar-refractivity contribution in [3.8, 4) is 11.5 Å². The van der Waals surface area contributed by atoms with Crippen molar-refractivity contribution in [2.75, 3.05) is 13.3 Å². The van der Waals surface area contributed by atoms with Gasteiger partial charge >= 0.3 is 0 Å². The zero-order valence-electron chi connectivity index (χ0n) is 25.4. The Bertz CT molecular complexity index is 2080. The molecule has 4 aliphatic heterocycles. The Morgan fingerprint density at radius 3 is 2.43 bits per heavy atom. The van der Waals surface area contributed by atoms with E-state index in [1.165, 1.54) is 24.5 Å². The van der Waals surface area contributed by atoms with Crippen molar-refractivity contribution in [1.29, 1.82) is 5.41 Å². The molecule has 7 unspecified atom stereocenters. The van der Waals surface area contributed by atoms with Gasteiger partial charge in [-0.05, 0) is 18.2 Å². The van der Waals surface area contributed by atoms with Crippen molar-refractivity contribution in [2.24, 2.45) is 9.98 Å². The molecule has 248 valence electrons. The number of aliphatic imine (C=N–C) groups is 2. The number of ketones is 2. The van der Waals surface area contributed by atoms with Crippen LogP contribution in [0.4, 0.5) is 5.69 Å². The second-order valence-corrected chi connectivity index (χ2v) is 12.0. The van der Waals surface area contributed by atoms with Crippen LogP contribution < -0.4 is 15.0 Å². The molecule has 1 aliphatic carbocycles. The quantitative estimate of drug-likeness (QED) is 0.144. The van der Waals surface area contributed by atoms with E-state index < -0.39 is 59.8 Å². The number of para-hydroxylation sites is 1. The highest BCUT2D eigenvalue weighted by Crippen LogP contribution is 2.47. The highest BCUT2D eigenvalue weighted by atomic mass is 16.7. The normalized spacial score (nSPS) is 28.8. The number of carbonyl (C=O) groups is 3. The minimum Gasteiger partial charge on any atom is -0.504 e. The summed E-state index contributed by atoms with van der Waals surface area (Å²) in [5.74, 6) is -3.71. The number of ether oxygens (including phenoxy) is 3. The van der Waals surface area contributed by atoms with Crippen LogP contribution in [0.5, 0.6) is 11.5 Å². The standard InChI is InChI=1S/C34H27N5O10/c35-34-37-31-23(32(46)38-34)36-13-39(31)20-8-4-3-5-15(20)14-9-10-47-12-21-26(42)28(44)29(45)33(48-21)49-30-18(14)11-19-22(27(30)43)25(41)17-7-2-1-6-16(17)24(19)40/h1-11,14,21,26,28-29,33,42-45H,12-13H2,(H2,35,38,46)/p+1. The molecule has 2 bridgehead atoms. The first kappa shape index (κ1) is 30.7. The summed E-state index contributed by atoms with van der Waals surface area (Å²) < 4.78 is 17.7. The number of carbonyl (C=O) groups excluding carboxylic acids is 3. The Morgan fingerprint density at radius 2 is 1.63 bits per heavy atom. The number of fused-ring (bicyclic) bond motifs is 6. The van der Waals surface area contributed by atoms with Gasteiger partial charge in [-0.15, -0.1) is 0 Å². The van der Waals surface area contributed by atoms with Gasteiger partial charge in [0.25, 0.3) is 11.7 Å². The van der Waals surface area contributed by atoms with Crippen LogP contribution in [0.2, 0.25) is 0 Å². The van der Waals surface area contributed by atoms with E-state index >= 15 is 0 Å². The Balaban J connectivity index is 1.35. The first-order valence-electron chi connectivity index (χ1n) is 15.4. The molecule has 0 radical (unpaired) electrons. The Morgan fingerprint density at radius 1 is 0.898 bits per heavy atom. The summed E-state index contributed by atoms with van der Waals surface area (Å²) in [5, 5.41) is 54.4. The van der Waals surface area contributed by atoms with Crippen LogP contribution in [-0.4, -0.2) is 99.4 Å². The lowest BCUT2D eigenvalue weighted by molar-refractivity contribution is -0.723. The van der Waals surface area contributed by atoms with E-state index in [2.05, 4.69) is 15.3 Å². The minimum atomic E-state index is -1.79. The first-order chi connectivity index (χ1) is 23.6. The van der Waals surface area contributed by atoms with Gasteiger partial charge in [0.1, 0.15) is 36.7 Å². The molecule has 49 heavy (non-hydrogen) atoms. The van der Waals surface area contributed by atoms with Gasteiger partial charge in [-0.3, -0.25) is 25.1 Å². The lowest BCUT2D eigenvalue weighted by Crippen LogP contribution is -3.09.